The molecule has 1 N–H and O–H groups in total. The zero-order chi connectivity index (χ0) is 19.3. The van der Waals surface area contributed by atoms with Gasteiger partial charge in [0.2, 0.25) is 11.8 Å². The number of rotatable bonds is 7. The van der Waals surface area contributed by atoms with Crippen LogP contribution < -0.4 is 5.32 Å². The first-order valence-electron chi connectivity index (χ1n) is 8.82. The minimum atomic E-state index is -0.0764. The number of nitrogens with one attached hydrogen (secondary N) is 1. The first-order chi connectivity index (χ1) is 13.7. The molecule has 4 aromatic rings. The van der Waals surface area contributed by atoms with Crippen molar-refractivity contribution in [3.8, 4) is 0 Å². The Labute approximate surface area is 170 Å². The predicted molar refractivity (Wildman–Crippen MR) is 112 cm³/mol. The standard InChI is InChI=1S/C20H18N4O2S2/c1-13-6-8-14(9-7-13)21-18(25)10-11-19-23-17(24-26-19)12-27-20-22-15-4-2-3-5-16(15)28-20/h2-9H,10-12H2,1H3,(H,21,25). The Balaban J connectivity index is 1.26. The third-order valence-corrected chi connectivity index (χ3v) is 6.19. The van der Waals surface area contributed by atoms with Gasteiger partial charge in [0, 0.05) is 18.5 Å². The Morgan fingerprint density at radius 1 is 1.14 bits per heavy atom. The van der Waals surface area contributed by atoms with Gasteiger partial charge in [-0.3, -0.25) is 4.79 Å². The van der Waals surface area contributed by atoms with Crippen LogP contribution in [0.2, 0.25) is 0 Å². The molecule has 0 spiro atoms. The van der Waals surface area contributed by atoms with Gasteiger partial charge >= 0.3 is 0 Å². The molecule has 0 unspecified atom stereocenters. The average Bonchev–Trinajstić information content (AvgIpc) is 3.33. The minimum absolute atomic E-state index is 0.0764. The molecule has 0 aliphatic carbocycles. The fourth-order valence-corrected chi connectivity index (χ4v) is 4.48. The number of carbonyl (C=O) groups excluding carboxylic acids is 1. The number of carbonyl (C=O) groups is 1. The fourth-order valence-electron chi connectivity index (χ4n) is 2.57. The number of benzene rings is 2. The molecule has 0 fully saturated rings. The Hall–Kier alpha value is -2.71. The second-order valence-corrected chi connectivity index (χ2v) is 8.51. The van der Waals surface area contributed by atoms with Crippen molar-refractivity contribution in [1.29, 1.82) is 0 Å². The number of amides is 1. The number of thioether (sulfide) groups is 1. The number of aromatic nitrogens is 3. The zero-order valence-corrected chi connectivity index (χ0v) is 16.8. The number of hydrogen-bond acceptors (Lipinski definition) is 7. The van der Waals surface area contributed by atoms with Crippen LogP contribution in [0.1, 0.15) is 23.7 Å². The molecule has 0 radical (unpaired) electrons. The quantitative estimate of drug-likeness (QED) is 0.439. The molecule has 0 saturated heterocycles. The third kappa shape index (κ3) is 4.76. The number of hydrogen-bond donors (Lipinski definition) is 1. The molecule has 0 saturated carbocycles. The molecular weight excluding hydrogens is 392 g/mol. The summed E-state index contributed by atoms with van der Waals surface area (Å²) in [6, 6.07) is 15.8. The summed E-state index contributed by atoms with van der Waals surface area (Å²) >= 11 is 3.23. The Kier molecular flexibility index (Phi) is 5.68. The summed E-state index contributed by atoms with van der Waals surface area (Å²) in [5.74, 6) is 1.59. The molecule has 0 aliphatic rings. The van der Waals surface area contributed by atoms with Gasteiger partial charge in [0.15, 0.2) is 10.2 Å². The zero-order valence-electron chi connectivity index (χ0n) is 15.2. The lowest BCUT2D eigenvalue weighted by molar-refractivity contribution is -0.116. The van der Waals surface area contributed by atoms with Crippen LogP contribution in [0.3, 0.4) is 0 Å². The molecule has 0 bridgehead atoms. The van der Waals surface area contributed by atoms with Crippen LogP contribution >= 0.6 is 23.1 Å². The highest BCUT2D eigenvalue weighted by molar-refractivity contribution is 8.00. The molecule has 2 aromatic carbocycles. The molecule has 6 nitrogen and oxygen atoms in total. The van der Waals surface area contributed by atoms with Crippen molar-refractivity contribution >= 4 is 44.9 Å². The highest BCUT2D eigenvalue weighted by Gasteiger charge is 2.11. The van der Waals surface area contributed by atoms with Crippen molar-refractivity contribution in [2.75, 3.05) is 5.32 Å². The SMILES string of the molecule is Cc1ccc(NC(=O)CCc2nc(CSc3nc4ccccc4s3)no2)cc1. The maximum atomic E-state index is 12.1. The van der Waals surface area contributed by atoms with E-state index in [2.05, 4.69) is 26.5 Å². The van der Waals surface area contributed by atoms with E-state index in [9.17, 15) is 4.79 Å². The summed E-state index contributed by atoms with van der Waals surface area (Å²) in [7, 11) is 0. The number of nitrogens with zero attached hydrogens (tertiary/aromatic N) is 3. The van der Waals surface area contributed by atoms with Gasteiger partial charge in [-0.15, -0.1) is 11.3 Å². The summed E-state index contributed by atoms with van der Waals surface area (Å²) in [5.41, 5.74) is 2.94. The van der Waals surface area contributed by atoms with Crippen molar-refractivity contribution in [1.82, 2.24) is 15.1 Å². The van der Waals surface area contributed by atoms with E-state index >= 15 is 0 Å². The number of para-hydroxylation sites is 1. The van der Waals surface area contributed by atoms with E-state index in [0.717, 1.165) is 21.1 Å². The molecule has 1 amide bonds. The monoisotopic (exact) mass is 410 g/mol. The van der Waals surface area contributed by atoms with Crippen molar-refractivity contribution in [2.45, 2.75) is 29.9 Å². The normalized spacial score (nSPS) is 11.0. The molecule has 0 aliphatic heterocycles. The number of anilines is 1. The lowest BCUT2D eigenvalue weighted by atomic mass is 10.2. The van der Waals surface area contributed by atoms with Crippen LogP contribution in [0.5, 0.6) is 0 Å². The van der Waals surface area contributed by atoms with Gasteiger partial charge in [0.25, 0.3) is 0 Å². The highest BCUT2D eigenvalue weighted by Crippen LogP contribution is 2.30. The van der Waals surface area contributed by atoms with E-state index in [4.69, 9.17) is 4.52 Å². The van der Waals surface area contributed by atoms with Crippen LogP contribution in [0.15, 0.2) is 57.4 Å². The summed E-state index contributed by atoms with van der Waals surface area (Å²) < 4.78 is 7.40. The van der Waals surface area contributed by atoms with Crippen molar-refractivity contribution in [3.63, 3.8) is 0 Å². The van der Waals surface area contributed by atoms with Gasteiger partial charge in [-0.1, -0.05) is 46.7 Å². The largest absolute Gasteiger partial charge is 0.339 e. The molecule has 0 atom stereocenters. The summed E-state index contributed by atoms with van der Waals surface area (Å²) in [4.78, 5) is 21.0. The maximum absolute atomic E-state index is 12.1. The van der Waals surface area contributed by atoms with Gasteiger partial charge in [-0.25, -0.2) is 4.98 Å². The summed E-state index contributed by atoms with van der Waals surface area (Å²) in [6.45, 7) is 2.01. The molecule has 2 aromatic heterocycles. The Morgan fingerprint density at radius 3 is 2.79 bits per heavy atom. The molecule has 8 heteroatoms. The van der Waals surface area contributed by atoms with Crippen molar-refractivity contribution in [2.24, 2.45) is 0 Å². The van der Waals surface area contributed by atoms with Gasteiger partial charge in [-0.2, -0.15) is 4.98 Å². The second kappa shape index (κ2) is 8.53. The van der Waals surface area contributed by atoms with E-state index in [-0.39, 0.29) is 5.91 Å². The first-order valence-corrected chi connectivity index (χ1v) is 10.6. The molecular formula is C20H18N4O2S2. The van der Waals surface area contributed by atoms with E-state index < -0.39 is 0 Å². The van der Waals surface area contributed by atoms with Crippen LogP contribution in [-0.4, -0.2) is 21.0 Å². The molecule has 142 valence electrons. The van der Waals surface area contributed by atoms with E-state index in [0.29, 0.717) is 30.3 Å². The third-order valence-electron chi connectivity index (χ3n) is 4.01. The fraction of sp³-hybridized carbons (Fsp3) is 0.200. The van der Waals surface area contributed by atoms with Crippen LogP contribution in [-0.2, 0) is 17.0 Å². The van der Waals surface area contributed by atoms with Crippen molar-refractivity contribution in [3.05, 3.63) is 65.8 Å². The molecule has 28 heavy (non-hydrogen) atoms. The lowest BCUT2D eigenvalue weighted by Gasteiger charge is -2.04. The van der Waals surface area contributed by atoms with Gasteiger partial charge in [0.1, 0.15) is 0 Å². The number of fused-ring (bicyclic) bond motifs is 1. The topological polar surface area (TPSA) is 80.9 Å². The van der Waals surface area contributed by atoms with E-state index in [1.165, 1.54) is 4.70 Å². The number of thiazole rings is 1. The average molecular weight is 411 g/mol. The lowest BCUT2D eigenvalue weighted by Crippen LogP contribution is -2.12. The van der Waals surface area contributed by atoms with Crippen LogP contribution in [0.4, 0.5) is 5.69 Å². The molecule has 2 heterocycles. The maximum Gasteiger partial charge on any atom is 0.227 e. The highest BCUT2D eigenvalue weighted by atomic mass is 32.2. The van der Waals surface area contributed by atoms with Gasteiger partial charge in [0.05, 0.1) is 16.0 Å². The van der Waals surface area contributed by atoms with Crippen molar-refractivity contribution < 1.29 is 9.32 Å². The summed E-state index contributed by atoms with van der Waals surface area (Å²) in [5, 5.41) is 6.86. The van der Waals surface area contributed by atoms with Crippen LogP contribution in [0.25, 0.3) is 10.2 Å². The van der Waals surface area contributed by atoms with E-state index in [1.807, 2.05) is 49.4 Å². The van der Waals surface area contributed by atoms with Gasteiger partial charge in [-0.05, 0) is 31.2 Å². The van der Waals surface area contributed by atoms with Gasteiger partial charge < -0.3 is 9.84 Å². The minimum Gasteiger partial charge on any atom is -0.339 e. The van der Waals surface area contributed by atoms with E-state index in [1.54, 1.807) is 23.1 Å². The summed E-state index contributed by atoms with van der Waals surface area (Å²) in [6.07, 6.45) is 0.705. The first kappa shape index (κ1) is 18.6. The van der Waals surface area contributed by atoms with Crippen LogP contribution in [0, 0.1) is 6.92 Å². The molecule has 4 rings (SSSR count). The second-order valence-electron chi connectivity index (χ2n) is 6.25. The Morgan fingerprint density at radius 2 is 1.96 bits per heavy atom. The smallest absolute Gasteiger partial charge is 0.227 e. The Bertz CT molecular complexity index is 1060. The predicted octanol–water partition coefficient (Wildman–Crippen LogP) is 4.85. The number of aryl methyl sites for hydroxylation is 2.